The standard InChI is InChI=1S/C25H29N5O3S/c1-3-23-22(18-26-30(23)20-12-6-4-7-13-20)25(31)27-19-11-10-14-21(17-19)34(32,33)28-24-15-8-5-9-16-29(24)2/h4,6-7,10-14,17-18H,3,5,8-9,15-16H2,1-2H3,(H,27,31)/b28-24-. The molecule has 9 heteroatoms. The topological polar surface area (TPSA) is 96.7 Å². The van der Waals surface area contributed by atoms with Gasteiger partial charge in [0.05, 0.1) is 28.0 Å². The molecule has 0 aliphatic carbocycles. The Bertz CT molecular complexity index is 1300. The molecule has 2 aromatic carbocycles. The smallest absolute Gasteiger partial charge is 0.284 e. The third-order valence-corrected chi connectivity index (χ3v) is 7.20. The molecule has 4 rings (SSSR count). The van der Waals surface area contributed by atoms with Crippen LogP contribution in [0.1, 0.15) is 48.7 Å². The largest absolute Gasteiger partial charge is 0.362 e. The maximum atomic E-state index is 13.0. The molecule has 0 spiro atoms. The highest BCUT2D eigenvalue weighted by atomic mass is 32.2. The van der Waals surface area contributed by atoms with Gasteiger partial charge in [-0.2, -0.15) is 13.5 Å². The summed E-state index contributed by atoms with van der Waals surface area (Å²) in [7, 11) is -2.03. The fourth-order valence-corrected chi connectivity index (χ4v) is 5.20. The Balaban J connectivity index is 1.57. The number of rotatable bonds is 6. The predicted octanol–water partition coefficient (Wildman–Crippen LogP) is 4.28. The van der Waals surface area contributed by atoms with Crippen molar-refractivity contribution in [3.8, 4) is 5.69 Å². The van der Waals surface area contributed by atoms with Crippen LogP contribution in [-0.4, -0.2) is 48.4 Å². The summed E-state index contributed by atoms with van der Waals surface area (Å²) in [5, 5.41) is 7.21. The monoisotopic (exact) mass is 479 g/mol. The van der Waals surface area contributed by atoms with Crippen molar-refractivity contribution < 1.29 is 13.2 Å². The Labute approximate surface area is 200 Å². The van der Waals surface area contributed by atoms with Gasteiger partial charge in [0.1, 0.15) is 5.84 Å². The van der Waals surface area contributed by atoms with Crippen LogP contribution >= 0.6 is 0 Å². The van der Waals surface area contributed by atoms with Crippen molar-refractivity contribution in [1.29, 1.82) is 0 Å². The number of benzene rings is 2. The van der Waals surface area contributed by atoms with Gasteiger partial charge in [0.2, 0.25) is 0 Å². The lowest BCUT2D eigenvalue weighted by Crippen LogP contribution is -2.26. The first kappa shape index (κ1) is 23.7. The Morgan fingerprint density at radius 1 is 1.09 bits per heavy atom. The third-order valence-electron chi connectivity index (χ3n) is 5.90. The number of aromatic nitrogens is 2. The first-order valence-electron chi connectivity index (χ1n) is 11.5. The zero-order valence-electron chi connectivity index (χ0n) is 19.4. The Hall–Kier alpha value is -3.46. The Morgan fingerprint density at radius 3 is 2.65 bits per heavy atom. The molecule has 2 heterocycles. The molecule has 1 amide bonds. The molecule has 0 atom stereocenters. The van der Waals surface area contributed by atoms with Crippen LogP contribution in [0, 0.1) is 0 Å². The maximum absolute atomic E-state index is 13.0. The highest BCUT2D eigenvalue weighted by molar-refractivity contribution is 7.90. The summed E-state index contributed by atoms with van der Waals surface area (Å²) in [6.07, 6.45) is 5.79. The molecule has 1 aliphatic rings. The number of carbonyl (C=O) groups excluding carboxylic acids is 1. The molecule has 0 radical (unpaired) electrons. The number of anilines is 1. The summed E-state index contributed by atoms with van der Waals surface area (Å²) >= 11 is 0. The van der Waals surface area contributed by atoms with Gasteiger partial charge >= 0.3 is 0 Å². The van der Waals surface area contributed by atoms with E-state index < -0.39 is 10.0 Å². The molecule has 0 unspecified atom stereocenters. The van der Waals surface area contributed by atoms with Crippen LogP contribution in [0.5, 0.6) is 0 Å². The number of nitrogens with zero attached hydrogens (tertiary/aromatic N) is 4. The van der Waals surface area contributed by atoms with Crippen molar-refractivity contribution in [2.45, 2.75) is 43.9 Å². The second-order valence-corrected chi connectivity index (χ2v) is 9.91. The van der Waals surface area contributed by atoms with Gasteiger partial charge in [0.15, 0.2) is 0 Å². The number of amides is 1. The van der Waals surface area contributed by atoms with E-state index in [9.17, 15) is 13.2 Å². The Morgan fingerprint density at radius 2 is 1.88 bits per heavy atom. The van der Waals surface area contributed by atoms with Crippen LogP contribution in [-0.2, 0) is 16.4 Å². The lowest BCUT2D eigenvalue weighted by molar-refractivity contribution is 0.102. The van der Waals surface area contributed by atoms with Gasteiger partial charge in [0.25, 0.3) is 15.9 Å². The lowest BCUT2D eigenvalue weighted by Gasteiger charge is -2.17. The molecule has 1 saturated heterocycles. The molecule has 1 aromatic heterocycles. The average Bonchev–Trinajstić information content (AvgIpc) is 3.18. The number of hydrogen-bond acceptors (Lipinski definition) is 4. The van der Waals surface area contributed by atoms with Gasteiger partial charge in [-0.15, -0.1) is 4.40 Å². The molecule has 3 aromatic rings. The normalized spacial score (nSPS) is 15.8. The van der Waals surface area contributed by atoms with E-state index in [4.69, 9.17) is 0 Å². The number of likely N-dealkylation sites (tertiary alicyclic amines) is 1. The van der Waals surface area contributed by atoms with E-state index in [1.165, 1.54) is 18.3 Å². The minimum atomic E-state index is -3.90. The highest BCUT2D eigenvalue weighted by Gasteiger charge is 2.20. The zero-order chi connectivity index (χ0) is 24.1. The average molecular weight is 480 g/mol. The molecular weight excluding hydrogens is 450 g/mol. The number of hydrogen-bond donors (Lipinski definition) is 1. The van der Waals surface area contributed by atoms with Crippen molar-refractivity contribution in [1.82, 2.24) is 14.7 Å². The van der Waals surface area contributed by atoms with E-state index in [2.05, 4.69) is 14.8 Å². The summed E-state index contributed by atoms with van der Waals surface area (Å²) < 4.78 is 31.8. The summed E-state index contributed by atoms with van der Waals surface area (Å²) in [6.45, 7) is 2.75. The minimum Gasteiger partial charge on any atom is -0.362 e. The summed E-state index contributed by atoms with van der Waals surface area (Å²) in [6, 6.07) is 15.8. The molecule has 8 nitrogen and oxygen atoms in total. The zero-order valence-corrected chi connectivity index (χ0v) is 20.3. The second kappa shape index (κ2) is 10.2. The van der Waals surface area contributed by atoms with E-state index in [1.807, 2.05) is 49.2 Å². The number of nitrogens with one attached hydrogen (secondary N) is 1. The number of carbonyl (C=O) groups is 1. The van der Waals surface area contributed by atoms with Gasteiger partial charge in [-0.05, 0) is 49.6 Å². The molecule has 1 fully saturated rings. The van der Waals surface area contributed by atoms with Crippen LogP contribution in [0.2, 0.25) is 0 Å². The fourth-order valence-electron chi connectivity index (χ4n) is 4.06. The molecule has 1 N–H and O–H groups in total. The molecule has 0 saturated carbocycles. The fraction of sp³-hybridized carbons (Fsp3) is 0.320. The maximum Gasteiger partial charge on any atom is 0.284 e. The molecule has 0 bridgehead atoms. The van der Waals surface area contributed by atoms with Crippen molar-refractivity contribution in [2.75, 3.05) is 18.9 Å². The van der Waals surface area contributed by atoms with Crippen molar-refractivity contribution in [3.63, 3.8) is 0 Å². The molecular formula is C25H29N5O3S. The van der Waals surface area contributed by atoms with Crippen molar-refractivity contribution >= 4 is 27.5 Å². The van der Waals surface area contributed by atoms with Crippen LogP contribution < -0.4 is 5.32 Å². The minimum absolute atomic E-state index is 0.0474. The van der Waals surface area contributed by atoms with Crippen molar-refractivity contribution in [3.05, 3.63) is 72.1 Å². The van der Waals surface area contributed by atoms with Gasteiger partial charge in [0, 0.05) is 25.7 Å². The van der Waals surface area contributed by atoms with Gasteiger partial charge < -0.3 is 10.2 Å². The first-order valence-corrected chi connectivity index (χ1v) is 12.9. The SMILES string of the molecule is CCc1c(C(=O)Nc2cccc(S(=O)(=O)/N=C3/CCCCCN3C)c2)cnn1-c1ccccc1. The summed E-state index contributed by atoms with van der Waals surface area (Å²) in [5.74, 6) is 0.233. The number of para-hydroxylation sites is 1. The van der Waals surface area contributed by atoms with E-state index in [-0.39, 0.29) is 10.8 Å². The predicted molar refractivity (Wildman–Crippen MR) is 133 cm³/mol. The third kappa shape index (κ3) is 5.20. The summed E-state index contributed by atoms with van der Waals surface area (Å²) in [4.78, 5) is 15.0. The second-order valence-electron chi connectivity index (χ2n) is 8.30. The first-order chi connectivity index (χ1) is 16.4. The summed E-state index contributed by atoms with van der Waals surface area (Å²) in [5.41, 5.74) is 2.47. The van der Waals surface area contributed by atoms with E-state index >= 15 is 0 Å². The lowest BCUT2D eigenvalue weighted by atomic mass is 10.2. The van der Waals surface area contributed by atoms with Gasteiger partial charge in [-0.3, -0.25) is 4.79 Å². The Kier molecular flexibility index (Phi) is 7.12. The van der Waals surface area contributed by atoms with E-state index in [1.54, 1.807) is 16.8 Å². The number of amidine groups is 1. The van der Waals surface area contributed by atoms with E-state index in [0.29, 0.717) is 29.9 Å². The molecule has 1 aliphatic heterocycles. The highest BCUT2D eigenvalue weighted by Crippen LogP contribution is 2.22. The van der Waals surface area contributed by atoms with Crippen LogP contribution in [0.3, 0.4) is 0 Å². The van der Waals surface area contributed by atoms with Crippen LogP contribution in [0.25, 0.3) is 5.69 Å². The van der Waals surface area contributed by atoms with E-state index in [0.717, 1.165) is 37.2 Å². The van der Waals surface area contributed by atoms with Crippen LogP contribution in [0.4, 0.5) is 5.69 Å². The van der Waals surface area contributed by atoms with Gasteiger partial charge in [-0.1, -0.05) is 37.6 Å². The van der Waals surface area contributed by atoms with Crippen molar-refractivity contribution in [2.24, 2.45) is 4.40 Å². The van der Waals surface area contributed by atoms with Gasteiger partial charge in [-0.25, -0.2) is 4.68 Å². The number of sulfonamides is 1. The molecule has 34 heavy (non-hydrogen) atoms. The quantitative estimate of drug-likeness (QED) is 0.569. The molecule has 178 valence electrons. The van der Waals surface area contributed by atoms with Crippen LogP contribution in [0.15, 0.2) is 70.1 Å².